The lowest BCUT2D eigenvalue weighted by atomic mass is 10.1. The molecule has 0 radical (unpaired) electrons. The number of alkyl halides is 3. The molecule has 0 atom stereocenters. The van der Waals surface area contributed by atoms with Gasteiger partial charge in [-0.25, -0.2) is 0 Å². The van der Waals surface area contributed by atoms with Gasteiger partial charge in [-0.2, -0.15) is 13.2 Å². The Morgan fingerprint density at radius 3 is 2.39 bits per heavy atom. The number of morpholine rings is 1. The van der Waals surface area contributed by atoms with Gasteiger partial charge in [0.25, 0.3) is 0 Å². The summed E-state index contributed by atoms with van der Waals surface area (Å²) in [6, 6.07) is 2.81. The zero-order valence-electron chi connectivity index (χ0n) is 10.0. The van der Waals surface area contributed by atoms with Crippen LogP contribution in [0.15, 0.2) is 12.1 Å². The van der Waals surface area contributed by atoms with Crippen molar-refractivity contribution < 1.29 is 17.9 Å². The summed E-state index contributed by atoms with van der Waals surface area (Å²) in [5, 5.41) is 0. The van der Waals surface area contributed by atoms with E-state index in [9.17, 15) is 13.2 Å². The fraction of sp³-hybridized carbons (Fsp3) is 0.500. The van der Waals surface area contributed by atoms with E-state index in [2.05, 4.69) is 0 Å². The summed E-state index contributed by atoms with van der Waals surface area (Å²) >= 11 is 0. The predicted molar refractivity (Wildman–Crippen MR) is 63.6 cm³/mol. The number of aryl methyl sites for hydroxylation is 1. The molecule has 6 heteroatoms. The van der Waals surface area contributed by atoms with E-state index in [4.69, 9.17) is 10.5 Å². The van der Waals surface area contributed by atoms with E-state index in [0.29, 0.717) is 37.6 Å². The first-order valence-electron chi connectivity index (χ1n) is 5.69. The van der Waals surface area contributed by atoms with Gasteiger partial charge in [0.15, 0.2) is 0 Å². The molecule has 1 fully saturated rings. The van der Waals surface area contributed by atoms with E-state index in [-0.39, 0.29) is 5.69 Å². The molecule has 100 valence electrons. The van der Waals surface area contributed by atoms with Crippen molar-refractivity contribution in [1.29, 1.82) is 0 Å². The van der Waals surface area contributed by atoms with Crippen LogP contribution in [0.25, 0.3) is 0 Å². The highest BCUT2D eigenvalue weighted by atomic mass is 19.4. The van der Waals surface area contributed by atoms with Crippen LogP contribution in [0.3, 0.4) is 0 Å². The van der Waals surface area contributed by atoms with E-state index >= 15 is 0 Å². The van der Waals surface area contributed by atoms with Crippen LogP contribution in [0.4, 0.5) is 24.5 Å². The quantitative estimate of drug-likeness (QED) is 0.788. The summed E-state index contributed by atoms with van der Waals surface area (Å²) in [4.78, 5) is 1.88. The molecule has 0 amide bonds. The number of rotatable bonds is 1. The molecular weight excluding hydrogens is 245 g/mol. The predicted octanol–water partition coefficient (Wildman–Crippen LogP) is 2.43. The van der Waals surface area contributed by atoms with Crippen molar-refractivity contribution in [2.75, 3.05) is 36.9 Å². The average molecular weight is 260 g/mol. The molecule has 0 aliphatic carbocycles. The number of ether oxygens (including phenoxy) is 1. The molecule has 1 heterocycles. The Kier molecular flexibility index (Phi) is 3.38. The molecule has 2 rings (SSSR count). The summed E-state index contributed by atoms with van der Waals surface area (Å²) in [6.45, 7) is 3.85. The topological polar surface area (TPSA) is 38.5 Å². The first-order valence-corrected chi connectivity index (χ1v) is 5.69. The first kappa shape index (κ1) is 13.0. The number of halogens is 3. The lowest BCUT2D eigenvalue weighted by Crippen LogP contribution is -2.36. The van der Waals surface area contributed by atoms with E-state index < -0.39 is 11.7 Å². The number of nitrogen functional groups attached to an aromatic ring is 1. The van der Waals surface area contributed by atoms with Crippen molar-refractivity contribution in [2.45, 2.75) is 13.1 Å². The Balaban J connectivity index is 2.40. The normalized spacial score (nSPS) is 17.0. The second-order valence-electron chi connectivity index (χ2n) is 4.32. The van der Waals surface area contributed by atoms with Crippen LogP contribution >= 0.6 is 0 Å². The maximum absolute atomic E-state index is 12.9. The number of nitrogens with zero attached hydrogens (tertiary/aromatic N) is 1. The minimum Gasteiger partial charge on any atom is -0.398 e. The van der Waals surface area contributed by atoms with Crippen molar-refractivity contribution in [2.24, 2.45) is 0 Å². The van der Waals surface area contributed by atoms with Gasteiger partial charge < -0.3 is 15.4 Å². The van der Waals surface area contributed by atoms with Crippen molar-refractivity contribution >= 4 is 11.4 Å². The summed E-state index contributed by atoms with van der Waals surface area (Å²) < 4.78 is 43.7. The van der Waals surface area contributed by atoms with Crippen LogP contribution in [-0.2, 0) is 10.9 Å². The molecular formula is C12H15F3N2O. The van der Waals surface area contributed by atoms with Gasteiger partial charge in [0, 0.05) is 24.5 Å². The zero-order valence-corrected chi connectivity index (χ0v) is 10.0. The molecule has 1 aliphatic heterocycles. The fourth-order valence-corrected chi connectivity index (χ4v) is 2.02. The number of hydrogen-bond acceptors (Lipinski definition) is 3. The maximum atomic E-state index is 12.9. The molecule has 0 spiro atoms. The number of benzene rings is 1. The third-order valence-corrected chi connectivity index (χ3v) is 3.05. The minimum atomic E-state index is -4.42. The van der Waals surface area contributed by atoms with Gasteiger partial charge in [-0.15, -0.1) is 0 Å². The molecule has 1 aromatic carbocycles. The van der Waals surface area contributed by atoms with Gasteiger partial charge in [0.1, 0.15) is 0 Å². The summed E-state index contributed by atoms with van der Waals surface area (Å²) in [6.07, 6.45) is -4.42. The Hall–Kier alpha value is -1.43. The molecule has 0 bridgehead atoms. The molecule has 0 aromatic heterocycles. The van der Waals surface area contributed by atoms with Crippen molar-refractivity contribution in [3.05, 3.63) is 23.3 Å². The van der Waals surface area contributed by atoms with Crippen molar-refractivity contribution in [3.8, 4) is 0 Å². The highest BCUT2D eigenvalue weighted by molar-refractivity contribution is 5.64. The number of hydrogen-bond donors (Lipinski definition) is 1. The Morgan fingerprint density at radius 2 is 1.83 bits per heavy atom. The minimum absolute atomic E-state index is 0.195. The second-order valence-corrected chi connectivity index (χ2v) is 4.32. The molecule has 3 nitrogen and oxygen atoms in total. The van der Waals surface area contributed by atoms with Gasteiger partial charge in [-0.05, 0) is 24.6 Å². The first-order chi connectivity index (χ1) is 8.39. The van der Waals surface area contributed by atoms with Crippen LogP contribution in [0.1, 0.15) is 11.1 Å². The Labute approximate surface area is 103 Å². The highest BCUT2D eigenvalue weighted by Crippen LogP contribution is 2.37. The second kappa shape index (κ2) is 4.68. The zero-order chi connectivity index (χ0) is 13.3. The molecule has 1 aromatic rings. The van der Waals surface area contributed by atoms with Gasteiger partial charge >= 0.3 is 6.18 Å². The third-order valence-electron chi connectivity index (χ3n) is 3.05. The van der Waals surface area contributed by atoms with Crippen molar-refractivity contribution in [3.63, 3.8) is 0 Å². The van der Waals surface area contributed by atoms with E-state index in [1.54, 1.807) is 13.0 Å². The van der Waals surface area contributed by atoms with E-state index in [1.165, 1.54) is 0 Å². The number of nitrogens with two attached hydrogens (primary N) is 1. The lowest BCUT2D eigenvalue weighted by Gasteiger charge is -2.30. The fourth-order valence-electron chi connectivity index (χ4n) is 2.02. The third kappa shape index (κ3) is 2.53. The van der Waals surface area contributed by atoms with Crippen molar-refractivity contribution in [1.82, 2.24) is 0 Å². The average Bonchev–Trinajstić information content (AvgIpc) is 2.32. The van der Waals surface area contributed by atoms with Crippen LogP contribution in [-0.4, -0.2) is 26.3 Å². The highest BCUT2D eigenvalue weighted by Gasteiger charge is 2.34. The smallest absolute Gasteiger partial charge is 0.398 e. The molecule has 1 aliphatic rings. The molecule has 2 N–H and O–H groups in total. The number of anilines is 2. The van der Waals surface area contributed by atoms with E-state index in [1.807, 2.05) is 4.90 Å². The van der Waals surface area contributed by atoms with Crippen LogP contribution < -0.4 is 10.6 Å². The van der Waals surface area contributed by atoms with Gasteiger partial charge in [-0.3, -0.25) is 0 Å². The Bertz CT molecular complexity index is 440. The van der Waals surface area contributed by atoms with Crippen LogP contribution in [0.5, 0.6) is 0 Å². The standard InChI is InChI=1S/C12H15F3N2O/c1-8-6-9(17-2-4-18-5-3-17)7-10(11(8)16)12(13,14)15/h6-7H,2-5,16H2,1H3. The monoisotopic (exact) mass is 260 g/mol. The largest absolute Gasteiger partial charge is 0.418 e. The summed E-state index contributed by atoms with van der Waals surface area (Å²) in [5.74, 6) is 0. The summed E-state index contributed by atoms with van der Waals surface area (Å²) in [7, 11) is 0. The van der Waals surface area contributed by atoms with Crippen LogP contribution in [0, 0.1) is 6.92 Å². The van der Waals surface area contributed by atoms with E-state index in [0.717, 1.165) is 6.07 Å². The van der Waals surface area contributed by atoms with Gasteiger partial charge in [0.2, 0.25) is 0 Å². The maximum Gasteiger partial charge on any atom is 0.418 e. The lowest BCUT2D eigenvalue weighted by molar-refractivity contribution is -0.136. The molecule has 0 unspecified atom stereocenters. The Morgan fingerprint density at radius 1 is 1.22 bits per heavy atom. The summed E-state index contributed by atoms with van der Waals surface area (Å²) in [5.41, 5.74) is 5.55. The van der Waals surface area contributed by atoms with Gasteiger partial charge in [-0.1, -0.05) is 0 Å². The SMILES string of the molecule is Cc1cc(N2CCOCC2)cc(C(F)(F)F)c1N. The van der Waals surface area contributed by atoms with Crippen LogP contribution in [0.2, 0.25) is 0 Å². The molecule has 1 saturated heterocycles. The molecule has 0 saturated carbocycles. The molecule has 18 heavy (non-hydrogen) atoms. The van der Waals surface area contributed by atoms with Gasteiger partial charge in [0.05, 0.1) is 18.8 Å².